The van der Waals surface area contributed by atoms with Crippen molar-refractivity contribution in [3.05, 3.63) is 133 Å². The van der Waals surface area contributed by atoms with Crippen LogP contribution in [-0.4, -0.2) is 6.54 Å². The van der Waals surface area contributed by atoms with Crippen molar-refractivity contribution in [2.75, 3.05) is 11.4 Å². The zero-order valence-corrected chi connectivity index (χ0v) is 24.6. The van der Waals surface area contributed by atoms with E-state index in [1.54, 1.807) is 0 Å². The van der Waals surface area contributed by atoms with Crippen LogP contribution in [0.5, 0.6) is 0 Å². The summed E-state index contributed by atoms with van der Waals surface area (Å²) in [5.41, 5.74) is 6.57. The number of hydrogen-bond donors (Lipinski definition) is 0. The average molecular weight is 558 g/mol. The number of anilines is 2. The van der Waals surface area contributed by atoms with Gasteiger partial charge >= 0.3 is 0 Å². The molecule has 1 aliphatic rings. The minimum atomic E-state index is 0.899. The maximum absolute atomic E-state index is 2.53. The second kappa shape index (κ2) is 13.6. The summed E-state index contributed by atoms with van der Waals surface area (Å²) >= 11 is 1.89. The Morgan fingerprint density at radius 3 is 1.63 bits per heavy atom. The fourth-order valence-electron chi connectivity index (χ4n) is 5.64. The Labute approximate surface area is 249 Å². The van der Waals surface area contributed by atoms with Crippen molar-refractivity contribution in [2.24, 2.45) is 0 Å². The van der Waals surface area contributed by atoms with Gasteiger partial charge in [0.15, 0.2) is 31.3 Å². The van der Waals surface area contributed by atoms with Crippen LogP contribution < -0.4 is 14.0 Å². The number of aryl methyl sites for hydroxylation is 1. The van der Waals surface area contributed by atoms with Crippen LogP contribution in [-0.2, 0) is 13.1 Å². The minimum absolute atomic E-state index is 0.899. The molecular weight excluding hydrogens is 518 g/mol. The molecule has 0 unspecified atom stereocenters. The predicted octanol–water partition coefficient (Wildman–Crippen LogP) is 8.62. The number of benzene rings is 3. The summed E-state index contributed by atoms with van der Waals surface area (Å²) in [5, 5.41) is 0. The first kappa shape index (κ1) is 27.3. The van der Waals surface area contributed by atoms with E-state index in [2.05, 4.69) is 142 Å². The molecule has 3 heterocycles. The first-order chi connectivity index (χ1) is 20.3. The second-order valence-electron chi connectivity index (χ2n) is 10.9. The molecule has 0 saturated carbocycles. The fourth-order valence-corrected chi connectivity index (χ4v) is 6.74. The van der Waals surface area contributed by atoms with Gasteiger partial charge in [0.05, 0.1) is 11.4 Å². The highest BCUT2D eigenvalue weighted by Crippen LogP contribution is 2.47. The van der Waals surface area contributed by atoms with Gasteiger partial charge in [-0.15, -0.1) is 0 Å². The number of unbranched alkanes of at least 4 members (excludes halogenated alkanes) is 5. The van der Waals surface area contributed by atoms with Gasteiger partial charge in [-0.25, -0.2) is 9.13 Å². The zero-order valence-electron chi connectivity index (χ0n) is 23.7. The van der Waals surface area contributed by atoms with Crippen molar-refractivity contribution in [1.29, 1.82) is 0 Å². The average Bonchev–Trinajstić information content (AvgIpc) is 3.03. The minimum Gasteiger partial charge on any atom is -0.340 e. The number of fused-ring (bicyclic) bond motifs is 2. The maximum Gasteiger partial charge on any atom is 0.173 e. The van der Waals surface area contributed by atoms with Crippen LogP contribution in [0.2, 0.25) is 0 Å². The SMILES string of the molecule is c1ccc(C[n+]2ccc(-c3cc[n+](CCCCCCCCN4c5ccccc5Sc5ccccc54)cc3)cc2)cc1. The Kier molecular flexibility index (Phi) is 9.08. The van der Waals surface area contributed by atoms with Crippen LogP contribution >= 0.6 is 11.8 Å². The van der Waals surface area contributed by atoms with E-state index in [-0.39, 0.29) is 0 Å². The van der Waals surface area contributed by atoms with Crippen molar-refractivity contribution in [3.8, 4) is 11.1 Å². The number of nitrogens with zero attached hydrogens (tertiary/aromatic N) is 3. The second-order valence-corrected chi connectivity index (χ2v) is 12.0. The highest BCUT2D eigenvalue weighted by atomic mass is 32.2. The lowest BCUT2D eigenvalue weighted by molar-refractivity contribution is -0.697. The topological polar surface area (TPSA) is 11.0 Å². The van der Waals surface area contributed by atoms with Gasteiger partial charge in [0.1, 0.15) is 6.54 Å². The number of pyridine rings is 2. The summed E-state index contributed by atoms with van der Waals surface area (Å²) < 4.78 is 4.55. The van der Waals surface area contributed by atoms with E-state index in [0.29, 0.717) is 0 Å². The van der Waals surface area contributed by atoms with E-state index >= 15 is 0 Å². The van der Waals surface area contributed by atoms with Crippen molar-refractivity contribution >= 4 is 23.1 Å². The molecule has 3 aromatic carbocycles. The quantitative estimate of drug-likeness (QED) is 0.112. The number of rotatable bonds is 12. The molecule has 4 heteroatoms. The van der Waals surface area contributed by atoms with E-state index < -0.39 is 0 Å². The number of para-hydroxylation sites is 2. The molecule has 3 nitrogen and oxygen atoms in total. The molecule has 0 fully saturated rings. The summed E-state index contributed by atoms with van der Waals surface area (Å²) in [4.78, 5) is 5.26. The van der Waals surface area contributed by atoms with Crippen molar-refractivity contribution < 1.29 is 9.13 Å². The first-order valence-electron chi connectivity index (χ1n) is 15.0. The Morgan fingerprint density at radius 2 is 1.00 bits per heavy atom. The Morgan fingerprint density at radius 1 is 0.488 bits per heavy atom. The smallest absolute Gasteiger partial charge is 0.173 e. The molecule has 1 aliphatic heterocycles. The lowest BCUT2D eigenvalue weighted by Crippen LogP contribution is -2.33. The summed E-state index contributed by atoms with van der Waals surface area (Å²) in [6.45, 7) is 3.08. The summed E-state index contributed by atoms with van der Waals surface area (Å²) in [7, 11) is 0. The van der Waals surface area contributed by atoms with E-state index in [4.69, 9.17) is 0 Å². The molecule has 0 spiro atoms. The number of hydrogen-bond acceptors (Lipinski definition) is 2. The third-order valence-electron chi connectivity index (χ3n) is 7.90. The lowest BCUT2D eigenvalue weighted by atomic mass is 10.1. The monoisotopic (exact) mass is 557 g/mol. The third-order valence-corrected chi connectivity index (χ3v) is 9.03. The van der Waals surface area contributed by atoms with Gasteiger partial charge in [-0.3, -0.25) is 0 Å². The largest absolute Gasteiger partial charge is 0.340 e. The predicted molar refractivity (Wildman–Crippen MR) is 170 cm³/mol. The number of aromatic nitrogens is 2. The Bertz CT molecular complexity index is 1490. The van der Waals surface area contributed by atoms with Gasteiger partial charge < -0.3 is 4.90 Å². The van der Waals surface area contributed by atoms with Gasteiger partial charge in [0.25, 0.3) is 0 Å². The van der Waals surface area contributed by atoms with Crippen LogP contribution in [0.1, 0.15) is 44.1 Å². The van der Waals surface area contributed by atoms with E-state index in [0.717, 1.165) is 19.6 Å². The highest BCUT2D eigenvalue weighted by molar-refractivity contribution is 7.99. The van der Waals surface area contributed by atoms with Crippen molar-refractivity contribution in [2.45, 2.75) is 61.4 Å². The van der Waals surface area contributed by atoms with Crippen LogP contribution in [0.15, 0.2) is 138 Å². The van der Waals surface area contributed by atoms with Gasteiger partial charge in [-0.05, 0) is 48.2 Å². The molecule has 0 atom stereocenters. The molecule has 0 amide bonds. The summed E-state index contributed by atoms with van der Waals surface area (Å²) in [6, 6.07) is 37.2. The molecular formula is C37H39N3S+2. The molecule has 0 aliphatic carbocycles. The molecule has 2 aromatic heterocycles. The maximum atomic E-state index is 2.53. The van der Waals surface area contributed by atoms with Crippen LogP contribution in [0.3, 0.4) is 0 Å². The van der Waals surface area contributed by atoms with Gasteiger partial charge in [-0.1, -0.05) is 85.6 Å². The first-order valence-corrected chi connectivity index (χ1v) is 15.8. The van der Waals surface area contributed by atoms with Crippen LogP contribution in [0, 0.1) is 0 Å². The summed E-state index contributed by atoms with van der Waals surface area (Å²) in [6.07, 6.45) is 16.5. The standard InChI is InChI=1S/C37H39N3S/c1(2-4-13-25-40-34-16-8-10-18-36(34)41-37-19-11-9-17-35(37)40)3-12-24-38-26-20-32(21-27-38)33-22-28-39(29-23-33)30-31-14-6-5-7-15-31/h5-11,14-23,26-29H,1-4,12-13,24-25,30H2/q+2. The molecule has 0 radical (unpaired) electrons. The molecule has 0 saturated heterocycles. The van der Waals surface area contributed by atoms with Gasteiger partial charge in [0.2, 0.25) is 0 Å². The van der Waals surface area contributed by atoms with E-state index in [1.807, 2.05) is 11.8 Å². The molecule has 206 valence electrons. The van der Waals surface area contributed by atoms with Gasteiger partial charge in [0, 0.05) is 52.6 Å². The molecule has 0 N–H and O–H groups in total. The fraction of sp³-hybridized carbons (Fsp3) is 0.243. The molecule has 0 bridgehead atoms. The zero-order chi connectivity index (χ0) is 27.7. The molecule has 41 heavy (non-hydrogen) atoms. The Balaban J connectivity index is 0.903. The van der Waals surface area contributed by atoms with Crippen molar-refractivity contribution in [3.63, 3.8) is 0 Å². The normalized spacial score (nSPS) is 12.1. The van der Waals surface area contributed by atoms with Crippen LogP contribution in [0.25, 0.3) is 11.1 Å². The van der Waals surface area contributed by atoms with Gasteiger partial charge in [-0.2, -0.15) is 0 Å². The molecule has 6 rings (SSSR count). The van der Waals surface area contributed by atoms with Crippen molar-refractivity contribution in [1.82, 2.24) is 0 Å². The highest BCUT2D eigenvalue weighted by Gasteiger charge is 2.22. The van der Waals surface area contributed by atoms with Crippen LogP contribution in [0.4, 0.5) is 11.4 Å². The van der Waals surface area contributed by atoms with E-state index in [1.165, 1.54) is 76.4 Å². The lowest BCUT2D eigenvalue weighted by Gasteiger charge is -2.32. The Hall–Kier alpha value is -3.89. The molecule has 5 aromatic rings. The summed E-state index contributed by atoms with van der Waals surface area (Å²) in [5.74, 6) is 0. The van der Waals surface area contributed by atoms with E-state index in [9.17, 15) is 0 Å². The third kappa shape index (κ3) is 7.07.